The second-order valence-corrected chi connectivity index (χ2v) is 4.48. The van der Waals surface area contributed by atoms with Crippen molar-refractivity contribution in [2.24, 2.45) is 12.8 Å². The van der Waals surface area contributed by atoms with Crippen LogP contribution in [0.5, 0.6) is 0 Å². The summed E-state index contributed by atoms with van der Waals surface area (Å²) in [5.74, 6) is -0.149. The Morgan fingerprint density at radius 1 is 1.37 bits per heavy atom. The third-order valence-corrected chi connectivity index (χ3v) is 3.22. The van der Waals surface area contributed by atoms with Crippen LogP contribution in [0.4, 0.5) is 5.69 Å². The second kappa shape index (κ2) is 5.24. The van der Waals surface area contributed by atoms with Crippen LogP contribution in [0.2, 0.25) is 0 Å². The molecule has 0 bridgehead atoms. The zero-order valence-electron chi connectivity index (χ0n) is 11.4. The van der Waals surface area contributed by atoms with Crippen LogP contribution in [-0.4, -0.2) is 15.7 Å². The Morgan fingerprint density at radius 2 is 2.05 bits per heavy atom. The van der Waals surface area contributed by atoms with E-state index in [0.29, 0.717) is 12.1 Å². The van der Waals surface area contributed by atoms with Gasteiger partial charge in [0, 0.05) is 25.0 Å². The first-order chi connectivity index (χ1) is 9.04. The molecule has 0 aliphatic carbocycles. The molecule has 0 radical (unpaired) electrons. The lowest BCUT2D eigenvalue weighted by Gasteiger charge is -2.09. The maximum absolute atomic E-state index is 12.3. The van der Waals surface area contributed by atoms with Crippen molar-refractivity contribution >= 4 is 11.6 Å². The second-order valence-electron chi connectivity index (χ2n) is 4.48. The molecule has 0 spiro atoms. The summed E-state index contributed by atoms with van der Waals surface area (Å²) in [4.78, 5) is 12.3. The lowest BCUT2D eigenvalue weighted by molar-refractivity contribution is 0.102. The number of hydrogen-bond acceptors (Lipinski definition) is 3. The van der Waals surface area contributed by atoms with Crippen molar-refractivity contribution in [3.63, 3.8) is 0 Å². The van der Waals surface area contributed by atoms with Gasteiger partial charge >= 0.3 is 0 Å². The minimum absolute atomic E-state index is 0.149. The van der Waals surface area contributed by atoms with Gasteiger partial charge < -0.3 is 11.1 Å². The maximum atomic E-state index is 12.3. The highest BCUT2D eigenvalue weighted by Gasteiger charge is 2.17. The van der Waals surface area contributed by atoms with Crippen LogP contribution < -0.4 is 11.1 Å². The molecule has 0 saturated heterocycles. The van der Waals surface area contributed by atoms with Gasteiger partial charge in [-0.1, -0.05) is 18.2 Å². The fourth-order valence-corrected chi connectivity index (χ4v) is 2.11. The van der Waals surface area contributed by atoms with Crippen molar-refractivity contribution in [1.29, 1.82) is 0 Å². The van der Waals surface area contributed by atoms with E-state index in [4.69, 9.17) is 5.73 Å². The lowest BCUT2D eigenvalue weighted by atomic mass is 10.1. The summed E-state index contributed by atoms with van der Waals surface area (Å²) in [6.07, 6.45) is 0. The number of rotatable bonds is 3. The third-order valence-electron chi connectivity index (χ3n) is 3.22. The van der Waals surface area contributed by atoms with Gasteiger partial charge in [0.05, 0.1) is 11.3 Å². The summed E-state index contributed by atoms with van der Waals surface area (Å²) < 4.78 is 1.71. The van der Waals surface area contributed by atoms with Crippen molar-refractivity contribution in [2.45, 2.75) is 20.4 Å². The molecular formula is C14H18N4O. The summed E-state index contributed by atoms with van der Waals surface area (Å²) in [7, 11) is 1.83. The number of benzene rings is 1. The number of nitrogens with two attached hydrogens (primary N) is 1. The number of carbonyl (C=O) groups excluding carboxylic acids is 1. The predicted molar refractivity (Wildman–Crippen MR) is 75.0 cm³/mol. The molecule has 1 aromatic carbocycles. The SMILES string of the molecule is Cc1nn(C)c(C)c1C(=O)Nc1ccccc1CN. The summed E-state index contributed by atoms with van der Waals surface area (Å²) >= 11 is 0. The van der Waals surface area contributed by atoms with Gasteiger partial charge in [-0.05, 0) is 25.5 Å². The lowest BCUT2D eigenvalue weighted by Crippen LogP contribution is -2.16. The molecule has 0 atom stereocenters. The molecule has 2 rings (SSSR count). The summed E-state index contributed by atoms with van der Waals surface area (Å²) in [5, 5.41) is 7.15. The van der Waals surface area contributed by atoms with Crippen molar-refractivity contribution in [3.8, 4) is 0 Å². The van der Waals surface area contributed by atoms with E-state index in [0.717, 1.165) is 22.6 Å². The smallest absolute Gasteiger partial charge is 0.259 e. The van der Waals surface area contributed by atoms with E-state index in [2.05, 4.69) is 10.4 Å². The normalized spacial score (nSPS) is 10.5. The Kier molecular flexibility index (Phi) is 3.66. The van der Waals surface area contributed by atoms with Gasteiger partial charge in [-0.25, -0.2) is 0 Å². The Labute approximate surface area is 112 Å². The molecule has 0 aliphatic rings. The Hall–Kier alpha value is -2.14. The number of nitrogens with zero attached hydrogens (tertiary/aromatic N) is 2. The molecule has 0 aliphatic heterocycles. The van der Waals surface area contributed by atoms with Gasteiger partial charge in [-0.15, -0.1) is 0 Å². The monoisotopic (exact) mass is 258 g/mol. The standard InChI is InChI=1S/C14H18N4O/c1-9-13(10(2)18(3)17-9)14(19)16-12-7-5-4-6-11(12)8-15/h4-7H,8,15H2,1-3H3,(H,16,19). The minimum atomic E-state index is -0.149. The highest BCUT2D eigenvalue weighted by molar-refractivity contribution is 6.06. The number of aromatic nitrogens is 2. The molecule has 100 valence electrons. The van der Waals surface area contributed by atoms with Crippen LogP contribution in [-0.2, 0) is 13.6 Å². The van der Waals surface area contributed by atoms with Crippen LogP contribution >= 0.6 is 0 Å². The fraction of sp³-hybridized carbons (Fsp3) is 0.286. The van der Waals surface area contributed by atoms with Crippen LogP contribution in [0.25, 0.3) is 0 Å². The number of para-hydroxylation sites is 1. The first-order valence-corrected chi connectivity index (χ1v) is 6.14. The van der Waals surface area contributed by atoms with Crippen molar-refractivity contribution in [1.82, 2.24) is 9.78 Å². The molecule has 0 fully saturated rings. The molecule has 1 heterocycles. The number of hydrogen-bond donors (Lipinski definition) is 2. The quantitative estimate of drug-likeness (QED) is 0.881. The average molecular weight is 258 g/mol. The zero-order chi connectivity index (χ0) is 14.0. The number of anilines is 1. The van der Waals surface area contributed by atoms with Crippen molar-refractivity contribution in [2.75, 3.05) is 5.32 Å². The van der Waals surface area contributed by atoms with E-state index in [9.17, 15) is 4.79 Å². The molecule has 3 N–H and O–H groups in total. The van der Waals surface area contributed by atoms with Gasteiger partial charge in [0.2, 0.25) is 0 Å². The zero-order valence-corrected chi connectivity index (χ0v) is 11.4. The summed E-state index contributed by atoms with van der Waals surface area (Å²) in [6, 6.07) is 7.52. The van der Waals surface area contributed by atoms with Gasteiger partial charge in [0.1, 0.15) is 0 Å². The van der Waals surface area contributed by atoms with Gasteiger partial charge in [0.15, 0.2) is 0 Å². The van der Waals surface area contributed by atoms with Gasteiger partial charge in [0.25, 0.3) is 5.91 Å². The highest BCUT2D eigenvalue weighted by Crippen LogP contribution is 2.18. The fourth-order valence-electron chi connectivity index (χ4n) is 2.11. The Balaban J connectivity index is 2.31. The maximum Gasteiger partial charge on any atom is 0.259 e. The molecule has 0 saturated carbocycles. The highest BCUT2D eigenvalue weighted by atomic mass is 16.1. The molecule has 2 aromatic rings. The molecule has 1 amide bonds. The van der Waals surface area contributed by atoms with E-state index in [1.54, 1.807) is 4.68 Å². The molecule has 1 aromatic heterocycles. The topological polar surface area (TPSA) is 72.9 Å². The first kappa shape index (κ1) is 13.3. The minimum Gasteiger partial charge on any atom is -0.326 e. The number of aryl methyl sites for hydroxylation is 2. The van der Waals surface area contributed by atoms with Crippen molar-refractivity contribution < 1.29 is 4.79 Å². The van der Waals surface area contributed by atoms with E-state index >= 15 is 0 Å². The van der Waals surface area contributed by atoms with Crippen LogP contribution in [0.1, 0.15) is 27.3 Å². The molecule has 5 heteroatoms. The van der Waals surface area contributed by atoms with E-state index in [-0.39, 0.29) is 5.91 Å². The first-order valence-electron chi connectivity index (χ1n) is 6.14. The Morgan fingerprint density at radius 3 is 2.63 bits per heavy atom. The van der Waals surface area contributed by atoms with Crippen LogP contribution in [0.15, 0.2) is 24.3 Å². The predicted octanol–water partition coefficient (Wildman–Crippen LogP) is 1.75. The van der Waals surface area contributed by atoms with E-state index < -0.39 is 0 Å². The largest absolute Gasteiger partial charge is 0.326 e. The third kappa shape index (κ3) is 2.51. The van der Waals surface area contributed by atoms with Crippen LogP contribution in [0.3, 0.4) is 0 Å². The number of carbonyl (C=O) groups is 1. The Bertz CT molecular complexity index is 616. The number of nitrogens with one attached hydrogen (secondary N) is 1. The van der Waals surface area contributed by atoms with Crippen molar-refractivity contribution in [3.05, 3.63) is 46.8 Å². The summed E-state index contributed by atoms with van der Waals surface area (Å²) in [5.41, 5.74) is 9.51. The average Bonchev–Trinajstić information content (AvgIpc) is 2.64. The molecule has 5 nitrogen and oxygen atoms in total. The van der Waals surface area contributed by atoms with Gasteiger partial charge in [-0.2, -0.15) is 5.10 Å². The molecule has 19 heavy (non-hydrogen) atoms. The van der Waals surface area contributed by atoms with E-state index in [1.807, 2.05) is 45.2 Å². The van der Waals surface area contributed by atoms with E-state index in [1.165, 1.54) is 0 Å². The molecule has 0 unspecified atom stereocenters. The number of amides is 1. The summed E-state index contributed by atoms with van der Waals surface area (Å²) in [6.45, 7) is 4.10. The van der Waals surface area contributed by atoms with Crippen LogP contribution in [0, 0.1) is 13.8 Å². The van der Waals surface area contributed by atoms with Gasteiger partial charge in [-0.3, -0.25) is 9.48 Å². The molecular weight excluding hydrogens is 240 g/mol.